The summed E-state index contributed by atoms with van der Waals surface area (Å²) in [6.45, 7) is 1.30. The number of fused-ring (bicyclic) bond motifs is 1. The number of nitrogens with zero attached hydrogens (tertiary/aromatic N) is 1. The summed E-state index contributed by atoms with van der Waals surface area (Å²) < 4.78 is 0. The Balaban J connectivity index is 2.27. The van der Waals surface area contributed by atoms with Crippen LogP contribution in [0.1, 0.15) is 24.2 Å². The van der Waals surface area contributed by atoms with Gasteiger partial charge in [-0.2, -0.15) is 5.26 Å². The van der Waals surface area contributed by atoms with E-state index in [1.165, 1.54) is 6.92 Å². The van der Waals surface area contributed by atoms with Crippen molar-refractivity contribution in [3.05, 3.63) is 35.5 Å². The van der Waals surface area contributed by atoms with E-state index in [-0.39, 0.29) is 12.5 Å². The molecule has 0 saturated heterocycles. The second-order valence-corrected chi connectivity index (χ2v) is 4.57. The Bertz CT molecular complexity index is 672. The summed E-state index contributed by atoms with van der Waals surface area (Å²) >= 11 is 0. The minimum atomic E-state index is -1.15. The molecule has 1 heterocycles. The number of hydrogen-bond acceptors (Lipinski definition) is 4. The number of H-pyrrole nitrogens is 1. The first-order valence-corrected chi connectivity index (χ1v) is 6.14. The van der Waals surface area contributed by atoms with Gasteiger partial charge in [0.2, 0.25) is 5.91 Å². The number of aliphatic hydroxyl groups excluding tert-OH is 2. The fourth-order valence-electron chi connectivity index (χ4n) is 2.02. The summed E-state index contributed by atoms with van der Waals surface area (Å²) in [5.74, 6) is -0.276. The van der Waals surface area contributed by atoms with Crippen molar-refractivity contribution in [1.29, 1.82) is 5.26 Å². The normalized spacial score (nSPS) is 13.7. The monoisotopic (exact) mass is 273 g/mol. The van der Waals surface area contributed by atoms with Gasteiger partial charge in [0.1, 0.15) is 12.2 Å². The van der Waals surface area contributed by atoms with Gasteiger partial charge in [-0.15, -0.1) is 0 Å². The SMILES string of the molecule is CC(=O)NCC(O)C(O)c1c[nH]c2ccc(C#N)cc12. The predicted octanol–water partition coefficient (Wildman–Crippen LogP) is 0.570. The van der Waals surface area contributed by atoms with E-state index >= 15 is 0 Å². The van der Waals surface area contributed by atoms with Gasteiger partial charge in [-0.05, 0) is 18.2 Å². The molecule has 0 bridgehead atoms. The van der Waals surface area contributed by atoms with E-state index in [9.17, 15) is 15.0 Å². The van der Waals surface area contributed by atoms with Crippen LogP contribution in [-0.4, -0.2) is 33.8 Å². The van der Waals surface area contributed by atoms with Gasteiger partial charge in [-0.1, -0.05) is 0 Å². The van der Waals surface area contributed by atoms with Crippen molar-refractivity contribution in [3.8, 4) is 6.07 Å². The fraction of sp³-hybridized carbons (Fsp3) is 0.286. The van der Waals surface area contributed by atoms with E-state index in [1.54, 1.807) is 24.4 Å². The molecule has 0 aliphatic heterocycles. The molecule has 20 heavy (non-hydrogen) atoms. The van der Waals surface area contributed by atoms with Crippen LogP contribution in [0.4, 0.5) is 0 Å². The third-order valence-corrected chi connectivity index (χ3v) is 3.09. The van der Waals surface area contributed by atoms with E-state index in [1.807, 2.05) is 6.07 Å². The third kappa shape index (κ3) is 2.79. The molecule has 6 heteroatoms. The van der Waals surface area contributed by atoms with Gasteiger partial charge in [0.25, 0.3) is 0 Å². The van der Waals surface area contributed by atoms with E-state index in [2.05, 4.69) is 10.3 Å². The quantitative estimate of drug-likeness (QED) is 0.653. The molecule has 2 aromatic rings. The van der Waals surface area contributed by atoms with Crippen LogP contribution >= 0.6 is 0 Å². The van der Waals surface area contributed by atoms with Gasteiger partial charge in [-0.25, -0.2) is 0 Å². The van der Waals surface area contributed by atoms with Crippen LogP contribution in [0.15, 0.2) is 24.4 Å². The van der Waals surface area contributed by atoms with Crippen molar-refractivity contribution in [2.75, 3.05) is 6.54 Å². The zero-order chi connectivity index (χ0) is 14.7. The molecule has 2 atom stereocenters. The minimum Gasteiger partial charge on any atom is -0.388 e. The number of aliphatic hydroxyl groups is 2. The molecule has 1 amide bonds. The minimum absolute atomic E-state index is 0.0406. The Morgan fingerprint density at radius 2 is 2.25 bits per heavy atom. The van der Waals surface area contributed by atoms with Crippen LogP contribution < -0.4 is 5.32 Å². The molecule has 0 spiro atoms. The highest BCUT2D eigenvalue weighted by molar-refractivity contribution is 5.85. The lowest BCUT2D eigenvalue weighted by molar-refractivity contribution is -0.119. The highest BCUT2D eigenvalue weighted by Gasteiger charge is 2.21. The molecule has 104 valence electrons. The number of aromatic nitrogens is 1. The largest absolute Gasteiger partial charge is 0.388 e. The number of carbonyl (C=O) groups is 1. The summed E-state index contributed by atoms with van der Waals surface area (Å²) in [4.78, 5) is 13.8. The number of rotatable bonds is 4. The van der Waals surface area contributed by atoms with Crippen molar-refractivity contribution in [2.45, 2.75) is 19.1 Å². The van der Waals surface area contributed by atoms with E-state index in [4.69, 9.17) is 5.26 Å². The third-order valence-electron chi connectivity index (χ3n) is 3.09. The highest BCUT2D eigenvalue weighted by Crippen LogP contribution is 2.27. The fourth-order valence-corrected chi connectivity index (χ4v) is 2.02. The predicted molar refractivity (Wildman–Crippen MR) is 72.7 cm³/mol. The summed E-state index contributed by atoms with van der Waals surface area (Å²) in [6, 6.07) is 7.09. The average Bonchev–Trinajstić information content (AvgIpc) is 2.86. The average molecular weight is 273 g/mol. The van der Waals surface area contributed by atoms with Crippen LogP contribution in [0.5, 0.6) is 0 Å². The van der Waals surface area contributed by atoms with Crippen molar-refractivity contribution >= 4 is 16.8 Å². The second-order valence-electron chi connectivity index (χ2n) is 4.57. The molecule has 1 aromatic heterocycles. The molecule has 2 unspecified atom stereocenters. The summed E-state index contributed by atoms with van der Waals surface area (Å²) in [5, 5.41) is 32.1. The van der Waals surface area contributed by atoms with Gasteiger partial charge >= 0.3 is 0 Å². The van der Waals surface area contributed by atoms with Crippen LogP contribution in [0.3, 0.4) is 0 Å². The summed E-state index contributed by atoms with van der Waals surface area (Å²) in [6.07, 6.45) is -0.679. The number of benzene rings is 1. The first-order valence-electron chi connectivity index (χ1n) is 6.14. The Labute approximate surface area is 115 Å². The standard InChI is InChI=1S/C14H15N3O3/c1-8(18)16-7-13(19)14(20)11-6-17-12-3-2-9(5-15)4-10(11)12/h2-4,6,13-14,17,19-20H,7H2,1H3,(H,16,18). The first-order chi connectivity index (χ1) is 9.52. The van der Waals surface area contributed by atoms with Crippen LogP contribution in [-0.2, 0) is 4.79 Å². The lowest BCUT2D eigenvalue weighted by atomic mass is 10.0. The van der Waals surface area contributed by atoms with Gasteiger partial charge in [0, 0.05) is 36.1 Å². The number of aromatic amines is 1. The Kier molecular flexibility index (Phi) is 4.03. The van der Waals surface area contributed by atoms with Gasteiger partial charge in [0.05, 0.1) is 11.6 Å². The van der Waals surface area contributed by atoms with E-state index in [0.717, 1.165) is 5.52 Å². The molecule has 0 saturated carbocycles. The summed E-state index contributed by atoms with van der Waals surface area (Å²) in [7, 11) is 0. The van der Waals surface area contributed by atoms with Crippen molar-refractivity contribution in [1.82, 2.24) is 10.3 Å². The Hall–Kier alpha value is -2.36. The maximum Gasteiger partial charge on any atom is 0.216 e. The van der Waals surface area contributed by atoms with Crippen LogP contribution in [0, 0.1) is 11.3 Å². The maximum atomic E-state index is 10.8. The topological polar surface area (TPSA) is 109 Å². The molecule has 0 aliphatic carbocycles. The van der Waals surface area contributed by atoms with Gasteiger partial charge in [0.15, 0.2) is 0 Å². The molecule has 0 fully saturated rings. The van der Waals surface area contributed by atoms with Crippen molar-refractivity contribution in [3.63, 3.8) is 0 Å². The zero-order valence-electron chi connectivity index (χ0n) is 10.9. The van der Waals surface area contributed by atoms with Crippen LogP contribution in [0.25, 0.3) is 10.9 Å². The molecule has 1 aromatic carbocycles. The molecular weight excluding hydrogens is 258 g/mol. The van der Waals surface area contributed by atoms with Crippen molar-refractivity contribution in [2.24, 2.45) is 0 Å². The molecular formula is C14H15N3O3. The molecule has 6 nitrogen and oxygen atoms in total. The summed E-state index contributed by atoms with van der Waals surface area (Å²) in [5.41, 5.74) is 1.74. The van der Waals surface area contributed by atoms with Crippen molar-refractivity contribution < 1.29 is 15.0 Å². The number of nitrogens with one attached hydrogen (secondary N) is 2. The van der Waals surface area contributed by atoms with Gasteiger partial charge in [-0.3, -0.25) is 4.79 Å². The highest BCUT2D eigenvalue weighted by atomic mass is 16.3. The number of carbonyl (C=O) groups excluding carboxylic acids is 1. The second kappa shape index (κ2) is 5.74. The molecule has 2 rings (SSSR count). The Morgan fingerprint density at radius 3 is 2.90 bits per heavy atom. The number of amides is 1. The number of hydrogen-bond donors (Lipinski definition) is 4. The van der Waals surface area contributed by atoms with E-state index in [0.29, 0.717) is 16.5 Å². The lowest BCUT2D eigenvalue weighted by Crippen LogP contribution is -2.34. The van der Waals surface area contributed by atoms with Gasteiger partial charge < -0.3 is 20.5 Å². The van der Waals surface area contributed by atoms with E-state index < -0.39 is 12.2 Å². The number of nitriles is 1. The molecule has 4 N–H and O–H groups in total. The smallest absolute Gasteiger partial charge is 0.216 e. The van der Waals surface area contributed by atoms with Crippen LogP contribution in [0.2, 0.25) is 0 Å². The maximum absolute atomic E-state index is 10.8. The lowest BCUT2D eigenvalue weighted by Gasteiger charge is -2.17. The zero-order valence-corrected chi connectivity index (χ0v) is 10.9. The molecule has 0 aliphatic rings. The first kappa shape index (κ1) is 14.1. The Morgan fingerprint density at radius 1 is 1.50 bits per heavy atom. The molecule has 0 radical (unpaired) electrons.